The summed E-state index contributed by atoms with van der Waals surface area (Å²) >= 11 is 0. The lowest BCUT2D eigenvalue weighted by atomic mass is 10.2. The molecule has 0 fully saturated rings. The van der Waals surface area contributed by atoms with Gasteiger partial charge in [-0.2, -0.15) is 0 Å². The van der Waals surface area contributed by atoms with Crippen LogP contribution >= 0.6 is 0 Å². The van der Waals surface area contributed by atoms with Crippen molar-refractivity contribution in [1.82, 2.24) is 0 Å². The molecule has 1 rings (SSSR count). The summed E-state index contributed by atoms with van der Waals surface area (Å²) in [5.74, 6) is 0.280. The topological polar surface area (TPSA) is 61.8 Å². The van der Waals surface area contributed by atoms with Crippen molar-refractivity contribution < 1.29 is 23.8 Å². The summed E-state index contributed by atoms with van der Waals surface area (Å²) in [6.07, 6.45) is 0.763. The number of hydrogen-bond donors (Lipinski definition) is 0. The van der Waals surface area contributed by atoms with Gasteiger partial charge >= 0.3 is 5.97 Å². The zero-order chi connectivity index (χ0) is 12.5. The Morgan fingerprint density at radius 3 is 2.53 bits per heavy atom. The number of rotatable bonds is 7. The van der Waals surface area contributed by atoms with E-state index in [1.54, 1.807) is 24.3 Å². The monoisotopic (exact) mass is 238 g/mol. The van der Waals surface area contributed by atoms with E-state index in [1.807, 2.05) is 0 Å². The number of aldehydes is 1. The molecule has 0 unspecified atom stereocenters. The summed E-state index contributed by atoms with van der Waals surface area (Å²) in [6, 6.07) is 6.67. The van der Waals surface area contributed by atoms with E-state index >= 15 is 0 Å². The molecule has 0 spiro atoms. The first kappa shape index (κ1) is 13.2. The standard InChI is InChI=1S/C12H14O5/c1-10(14)16-7-6-15-9-17-12-4-2-11(8-13)3-5-12/h2-5,8H,6-7,9H2,1H3. The van der Waals surface area contributed by atoms with Crippen LogP contribution in [0.25, 0.3) is 0 Å². The minimum absolute atomic E-state index is 0.0711. The van der Waals surface area contributed by atoms with E-state index in [0.29, 0.717) is 11.3 Å². The van der Waals surface area contributed by atoms with Crippen LogP contribution < -0.4 is 4.74 Å². The van der Waals surface area contributed by atoms with Gasteiger partial charge in [-0.15, -0.1) is 0 Å². The van der Waals surface area contributed by atoms with Gasteiger partial charge in [0.05, 0.1) is 6.61 Å². The molecule has 0 saturated heterocycles. The van der Waals surface area contributed by atoms with Crippen LogP contribution in [-0.2, 0) is 14.3 Å². The van der Waals surface area contributed by atoms with Crippen LogP contribution in [0.15, 0.2) is 24.3 Å². The van der Waals surface area contributed by atoms with Gasteiger partial charge < -0.3 is 14.2 Å². The average Bonchev–Trinajstić information content (AvgIpc) is 2.34. The molecular formula is C12H14O5. The smallest absolute Gasteiger partial charge is 0.302 e. The highest BCUT2D eigenvalue weighted by Gasteiger charge is 1.95. The zero-order valence-corrected chi connectivity index (χ0v) is 9.55. The fourth-order valence-electron chi connectivity index (χ4n) is 1.06. The molecule has 0 aliphatic carbocycles. The second-order valence-electron chi connectivity index (χ2n) is 3.20. The Morgan fingerprint density at radius 2 is 1.94 bits per heavy atom. The van der Waals surface area contributed by atoms with Gasteiger partial charge in [0.2, 0.25) is 0 Å². The lowest BCUT2D eigenvalue weighted by Gasteiger charge is -2.07. The SMILES string of the molecule is CC(=O)OCCOCOc1ccc(C=O)cc1. The number of carbonyl (C=O) groups is 2. The predicted octanol–water partition coefficient (Wildman–Crippen LogP) is 1.42. The summed E-state index contributed by atoms with van der Waals surface area (Å²) in [5.41, 5.74) is 0.591. The Balaban J connectivity index is 2.13. The maximum Gasteiger partial charge on any atom is 0.302 e. The largest absolute Gasteiger partial charge is 0.468 e. The van der Waals surface area contributed by atoms with Crippen LogP contribution in [0.1, 0.15) is 17.3 Å². The molecule has 0 heterocycles. The van der Waals surface area contributed by atoms with Crippen LogP contribution in [0.3, 0.4) is 0 Å². The minimum Gasteiger partial charge on any atom is -0.468 e. The van der Waals surface area contributed by atoms with Crippen LogP contribution in [-0.4, -0.2) is 32.3 Å². The van der Waals surface area contributed by atoms with Crippen molar-refractivity contribution >= 4 is 12.3 Å². The maximum absolute atomic E-state index is 10.4. The van der Waals surface area contributed by atoms with Crippen molar-refractivity contribution in [2.75, 3.05) is 20.0 Å². The molecule has 0 aromatic heterocycles. The number of ether oxygens (including phenoxy) is 3. The van der Waals surface area contributed by atoms with Crippen LogP contribution in [0.5, 0.6) is 5.75 Å². The molecule has 5 heteroatoms. The van der Waals surface area contributed by atoms with E-state index < -0.39 is 0 Å². The number of esters is 1. The molecule has 0 saturated carbocycles. The van der Waals surface area contributed by atoms with E-state index in [2.05, 4.69) is 4.74 Å². The lowest BCUT2D eigenvalue weighted by Crippen LogP contribution is -2.10. The van der Waals surface area contributed by atoms with Crippen LogP contribution in [0, 0.1) is 0 Å². The molecule has 1 aromatic rings. The van der Waals surface area contributed by atoms with Gasteiger partial charge in [0.15, 0.2) is 6.79 Å². The molecule has 0 bridgehead atoms. The molecule has 0 radical (unpaired) electrons. The molecule has 17 heavy (non-hydrogen) atoms. The Morgan fingerprint density at radius 1 is 1.24 bits per heavy atom. The Hall–Kier alpha value is -1.88. The van der Waals surface area contributed by atoms with Gasteiger partial charge in [-0.05, 0) is 24.3 Å². The molecule has 0 atom stereocenters. The average molecular weight is 238 g/mol. The Kier molecular flexibility index (Phi) is 5.74. The molecule has 92 valence electrons. The maximum atomic E-state index is 10.4. The van der Waals surface area contributed by atoms with Crippen molar-refractivity contribution in [3.05, 3.63) is 29.8 Å². The van der Waals surface area contributed by atoms with E-state index in [0.717, 1.165) is 6.29 Å². The number of carbonyl (C=O) groups excluding carboxylic acids is 2. The summed E-state index contributed by atoms with van der Waals surface area (Å²) in [6.45, 7) is 1.90. The predicted molar refractivity (Wildman–Crippen MR) is 59.9 cm³/mol. The molecular weight excluding hydrogens is 224 g/mol. The lowest BCUT2D eigenvalue weighted by molar-refractivity contribution is -0.143. The van der Waals surface area contributed by atoms with Gasteiger partial charge in [-0.3, -0.25) is 9.59 Å². The highest BCUT2D eigenvalue weighted by molar-refractivity contribution is 5.74. The highest BCUT2D eigenvalue weighted by Crippen LogP contribution is 2.10. The third kappa shape index (κ3) is 5.67. The zero-order valence-electron chi connectivity index (χ0n) is 9.55. The fraction of sp³-hybridized carbons (Fsp3) is 0.333. The fourth-order valence-corrected chi connectivity index (χ4v) is 1.06. The molecule has 0 aliphatic heterocycles. The van der Waals surface area contributed by atoms with E-state index in [9.17, 15) is 9.59 Å². The van der Waals surface area contributed by atoms with Crippen molar-refractivity contribution in [2.24, 2.45) is 0 Å². The van der Waals surface area contributed by atoms with Crippen molar-refractivity contribution in [3.63, 3.8) is 0 Å². The molecule has 0 N–H and O–H groups in total. The van der Waals surface area contributed by atoms with Gasteiger partial charge in [0.25, 0.3) is 0 Å². The van der Waals surface area contributed by atoms with Crippen molar-refractivity contribution in [1.29, 1.82) is 0 Å². The first-order valence-corrected chi connectivity index (χ1v) is 5.11. The molecule has 0 amide bonds. The van der Waals surface area contributed by atoms with Crippen molar-refractivity contribution in [2.45, 2.75) is 6.92 Å². The third-order valence-corrected chi connectivity index (χ3v) is 1.86. The van der Waals surface area contributed by atoms with Crippen molar-refractivity contribution in [3.8, 4) is 5.75 Å². The highest BCUT2D eigenvalue weighted by atomic mass is 16.7. The van der Waals surface area contributed by atoms with Crippen LogP contribution in [0.2, 0.25) is 0 Å². The van der Waals surface area contributed by atoms with E-state index in [1.165, 1.54) is 6.92 Å². The summed E-state index contributed by atoms with van der Waals surface area (Å²) in [4.78, 5) is 20.8. The van der Waals surface area contributed by atoms with Gasteiger partial charge in [-0.1, -0.05) is 0 Å². The van der Waals surface area contributed by atoms with Gasteiger partial charge in [0, 0.05) is 12.5 Å². The molecule has 1 aromatic carbocycles. The van der Waals surface area contributed by atoms with Gasteiger partial charge in [-0.25, -0.2) is 0 Å². The second kappa shape index (κ2) is 7.40. The Labute approximate surface area is 99.3 Å². The summed E-state index contributed by atoms with van der Waals surface area (Å²) in [7, 11) is 0. The minimum atomic E-state index is -0.334. The van der Waals surface area contributed by atoms with Crippen LogP contribution in [0.4, 0.5) is 0 Å². The number of benzene rings is 1. The molecule has 0 aliphatic rings. The molecule has 5 nitrogen and oxygen atoms in total. The van der Waals surface area contributed by atoms with Gasteiger partial charge in [0.1, 0.15) is 18.6 Å². The first-order chi connectivity index (χ1) is 8.22. The Bertz CT molecular complexity index is 358. The third-order valence-electron chi connectivity index (χ3n) is 1.86. The normalized spacial score (nSPS) is 9.71. The summed E-state index contributed by atoms with van der Waals surface area (Å²) < 4.78 is 15.0. The number of hydrogen-bond acceptors (Lipinski definition) is 5. The second-order valence-corrected chi connectivity index (χ2v) is 3.20. The van der Waals surface area contributed by atoms with E-state index in [4.69, 9.17) is 9.47 Å². The first-order valence-electron chi connectivity index (χ1n) is 5.11. The summed E-state index contributed by atoms with van der Waals surface area (Å²) in [5, 5.41) is 0. The quantitative estimate of drug-likeness (QED) is 0.311. The van der Waals surface area contributed by atoms with E-state index in [-0.39, 0.29) is 26.0 Å².